The maximum Gasteiger partial charge on any atom is 0.338 e. The van der Waals surface area contributed by atoms with Crippen LogP contribution in [-0.2, 0) is 39.7 Å². The van der Waals surface area contributed by atoms with Gasteiger partial charge in [0.15, 0.2) is 23.1 Å². The zero-order valence-electron chi connectivity index (χ0n) is 66.8. The molecule has 0 fully saturated rings. The minimum atomic E-state index is -0.491. The number of ketones is 4. The zero-order chi connectivity index (χ0) is 87.3. The molecule has 0 aliphatic carbocycles. The number of nitrogens with one attached hydrogen (secondary N) is 1. The highest BCUT2D eigenvalue weighted by Gasteiger charge is 2.16. The van der Waals surface area contributed by atoms with Gasteiger partial charge in [-0.05, 0) is 155 Å². The molecule has 4 N–H and O–H groups in total. The predicted octanol–water partition coefficient (Wildman–Crippen LogP) is 10.5. The Morgan fingerprint density at radius 1 is 0.378 bits per heavy atom. The molecular weight excluding hydrogens is 1530 g/mol. The Labute approximate surface area is 689 Å². The molecule has 119 heavy (non-hydrogen) atoms. The van der Waals surface area contributed by atoms with Crippen LogP contribution >= 0.6 is 0 Å². The Kier molecular flexibility index (Phi) is 54.6. The van der Waals surface area contributed by atoms with Gasteiger partial charge in [-0.25, -0.2) is 14.4 Å². The summed E-state index contributed by atoms with van der Waals surface area (Å²) < 4.78 is 23.5. The summed E-state index contributed by atoms with van der Waals surface area (Å²) in [7, 11) is 1.35. The molecule has 0 atom stereocenters. The largest absolute Gasteiger partial charge is 0.466 e. The standard InChI is InChI=1S/C12H9NO.C10H14N2O3.C10H11NO3.C9H11NO2.C9H9NO2.C8H10N2O2.C8H9NO2.C8H9NO.C7H7NO2.C7H7NO/c14-12(10-4-2-1-3-5-10)11-6-8-13-9-7-11;13-7-5-12(6-8-14)10(15)9-1-3-11-4-2-9;1-2-14-10(13)7-9(12)8-3-5-11-6-4-8;1-2-12-9(11)7-8-3-5-10-6-4-8;1-2-7-12-9(11)8-3-5-10-6-4-8;11-6-5-10-8(12)7-1-3-9-4-2-7;1-2-11-8(10)7-3-5-9-6-4-7;1-2-8(10)7-3-5-9-6-4-7;1-10-7(9)6-2-4-8-5-3-6;1-6(9)7-2-4-8-5-3-7/h1-9H;1-4,13-14H,5-8H2;3-6H,2,7H2,1H3;3-6H,2,7H2,1H3;2-6H,1,7H2;1-4,11H,5-6H2,(H,10,12);3-6H,2H2,1H3;3-6H,2H2,1H3;2-5H,1H3;2-5H,1H3. The van der Waals surface area contributed by atoms with Crippen LogP contribution < -0.4 is 5.32 Å². The summed E-state index contributed by atoms with van der Waals surface area (Å²) in [5, 5.41) is 28.5. The van der Waals surface area contributed by atoms with Crippen molar-refractivity contribution in [2.75, 3.05) is 73.0 Å². The normalized spacial score (nSPS) is 9.39. The maximum atomic E-state index is 11.8. The van der Waals surface area contributed by atoms with Gasteiger partial charge in [-0.15, -0.1) is 0 Å². The fourth-order valence-corrected chi connectivity index (χ4v) is 8.47. The average molecular weight is 1630 g/mol. The Morgan fingerprint density at radius 3 is 1.08 bits per heavy atom. The van der Waals surface area contributed by atoms with Crippen LogP contribution in [0.25, 0.3) is 0 Å². The van der Waals surface area contributed by atoms with E-state index in [1.807, 2.05) is 37.3 Å². The van der Waals surface area contributed by atoms with E-state index in [9.17, 15) is 52.7 Å². The van der Waals surface area contributed by atoms with Gasteiger partial charge in [-0.3, -0.25) is 88.2 Å². The molecular formula is C88H96N12O19. The first-order chi connectivity index (χ1) is 57.7. The van der Waals surface area contributed by atoms with Gasteiger partial charge in [0.1, 0.15) is 13.0 Å². The van der Waals surface area contributed by atoms with Gasteiger partial charge in [0, 0.05) is 189 Å². The van der Waals surface area contributed by atoms with Gasteiger partial charge in [0.25, 0.3) is 11.8 Å². The first kappa shape index (κ1) is 100. The lowest BCUT2D eigenvalue weighted by molar-refractivity contribution is -0.143. The smallest absolute Gasteiger partial charge is 0.338 e. The SMILES string of the molecule is C=CCOC(=O)c1ccncc1.CC(=O)c1ccncc1.CCC(=O)c1ccncc1.CCOC(=O)CC(=O)c1ccncc1.CCOC(=O)Cc1ccncc1.CCOC(=O)c1ccncc1.COC(=O)c1ccncc1.O=C(NCCO)c1ccncc1.O=C(c1ccccc1)c1ccncc1.O=C(c1ccncc1)N(CCO)CCO. The van der Waals surface area contributed by atoms with Crippen molar-refractivity contribution in [3.63, 3.8) is 0 Å². The number of carbonyl (C=O) groups excluding carboxylic acids is 11. The van der Waals surface area contributed by atoms with Crippen LogP contribution in [0.1, 0.15) is 152 Å². The fourth-order valence-electron chi connectivity index (χ4n) is 8.47. The number of hydrogen-bond acceptors (Lipinski definition) is 29. The molecule has 0 aliphatic rings. The lowest BCUT2D eigenvalue weighted by Crippen LogP contribution is -2.35. The van der Waals surface area contributed by atoms with Crippen LogP contribution in [0, 0.1) is 0 Å². The van der Waals surface area contributed by atoms with Crippen LogP contribution in [0.3, 0.4) is 0 Å². The molecule has 1 aromatic carbocycles. The number of amides is 2. The molecule has 31 heteroatoms. The predicted molar refractivity (Wildman–Crippen MR) is 440 cm³/mol. The van der Waals surface area contributed by atoms with Crippen LogP contribution in [0.5, 0.6) is 0 Å². The van der Waals surface area contributed by atoms with Crippen molar-refractivity contribution in [1.29, 1.82) is 0 Å². The number of esters is 5. The van der Waals surface area contributed by atoms with E-state index in [-0.39, 0.29) is 111 Å². The third kappa shape index (κ3) is 45.7. The zero-order valence-corrected chi connectivity index (χ0v) is 66.8. The average Bonchev–Trinajstić information content (AvgIpc) is 0.867. The number of nitrogens with zero attached hydrogens (tertiary/aromatic N) is 11. The number of carbonyl (C=O) groups is 11. The highest BCUT2D eigenvalue weighted by atomic mass is 16.5. The molecule has 0 bridgehead atoms. The lowest BCUT2D eigenvalue weighted by atomic mass is 10.1. The molecule has 10 heterocycles. The molecule has 2 amide bonds. The van der Waals surface area contributed by atoms with Crippen molar-refractivity contribution >= 4 is 64.8 Å². The van der Waals surface area contributed by atoms with Gasteiger partial charge in [-0.2, -0.15) is 0 Å². The van der Waals surface area contributed by atoms with Crippen molar-refractivity contribution in [3.05, 3.63) is 349 Å². The molecule has 31 nitrogen and oxygen atoms in total. The summed E-state index contributed by atoms with van der Waals surface area (Å²) in [6.07, 6.45) is 33.7. The number of hydrogen-bond donors (Lipinski definition) is 4. The van der Waals surface area contributed by atoms with E-state index in [2.05, 4.69) is 71.2 Å². The number of benzene rings is 1. The molecule has 622 valence electrons. The molecule has 0 spiro atoms. The van der Waals surface area contributed by atoms with Gasteiger partial charge in [0.2, 0.25) is 0 Å². The Balaban J connectivity index is 0.000000450. The summed E-state index contributed by atoms with van der Waals surface area (Å²) in [4.78, 5) is 162. The maximum absolute atomic E-state index is 11.8. The number of pyridine rings is 10. The molecule has 0 unspecified atom stereocenters. The van der Waals surface area contributed by atoms with E-state index in [1.54, 1.807) is 241 Å². The van der Waals surface area contributed by atoms with Crippen LogP contribution in [0.2, 0.25) is 0 Å². The van der Waals surface area contributed by atoms with Crippen LogP contribution in [0.4, 0.5) is 0 Å². The summed E-state index contributed by atoms with van der Waals surface area (Å²) in [5.74, 6) is -2.02. The minimum Gasteiger partial charge on any atom is -0.466 e. The first-order valence-electron chi connectivity index (χ1n) is 36.7. The van der Waals surface area contributed by atoms with Crippen molar-refractivity contribution in [2.45, 2.75) is 53.9 Å². The lowest BCUT2D eigenvalue weighted by Gasteiger charge is -2.20. The molecule has 10 aromatic heterocycles. The molecule has 0 saturated heterocycles. The molecule has 0 aliphatic heterocycles. The van der Waals surface area contributed by atoms with E-state index < -0.39 is 5.97 Å². The van der Waals surface area contributed by atoms with E-state index in [1.165, 1.54) is 49.8 Å². The number of rotatable bonds is 26. The topological polar surface area (TPSA) is 439 Å². The van der Waals surface area contributed by atoms with Gasteiger partial charge >= 0.3 is 29.8 Å². The van der Waals surface area contributed by atoms with Crippen molar-refractivity contribution in [3.8, 4) is 0 Å². The van der Waals surface area contributed by atoms with E-state index in [0.29, 0.717) is 82.7 Å². The van der Waals surface area contributed by atoms with Crippen LogP contribution in [-0.4, -0.2) is 208 Å². The Bertz CT molecular complexity index is 4550. The number of ether oxygens (including phenoxy) is 5. The van der Waals surface area contributed by atoms with Gasteiger partial charge < -0.3 is 49.2 Å². The first-order valence-corrected chi connectivity index (χ1v) is 36.7. The highest BCUT2D eigenvalue weighted by molar-refractivity contribution is 6.09. The molecule has 0 radical (unpaired) electrons. The van der Waals surface area contributed by atoms with Gasteiger partial charge in [0.05, 0.1) is 69.9 Å². The van der Waals surface area contributed by atoms with Crippen molar-refractivity contribution < 1.29 is 91.7 Å². The third-order valence-electron chi connectivity index (χ3n) is 14.2. The number of aliphatic hydroxyl groups excluding tert-OH is 3. The summed E-state index contributed by atoms with van der Waals surface area (Å²) in [6, 6.07) is 42.3. The van der Waals surface area contributed by atoms with Crippen LogP contribution in [0.15, 0.2) is 288 Å². The minimum absolute atomic E-state index is 0.0352. The number of Topliss-reactive ketones (excluding diaryl/α,β-unsaturated/α-hetero) is 3. The fraction of sp³-hybridized carbons (Fsp3) is 0.216. The number of methoxy groups -OCH3 is 1. The van der Waals surface area contributed by atoms with Crippen molar-refractivity contribution in [1.82, 2.24) is 60.1 Å². The van der Waals surface area contributed by atoms with E-state index in [4.69, 9.17) is 29.5 Å². The molecule has 0 saturated carbocycles. The Morgan fingerprint density at radius 2 is 0.714 bits per heavy atom. The second-order valence-corrected chi connectivity index (χ2v) is 22.7. The summed E-state index contributed by atoms with van der Waals surface area (Å²) in [6.45, 7) is 13.9. The Hall–Kier alpha value is -14.7. The molecule has 11 aromatic rings. The summed E-state index contributed by atoms with van der Waals surface area (Å²) >= 11 is 0. The number of aromatic nitrogens is 10. The van der Waals surface area contributed by atoms with E-state index in [0.717, 1.165) is 11.1 Å². The second kappa shape index (κ2) is 64.7. The highest BCUT2D eigenvalue weighted by Crippen LogP contribution is 2.10. The monoisotopic (exact) mass is 1620 g/mol. The third-order valence-corrected chi connectivity index (χ3v) is 14.2. The summed E-state index contributed by atoms with van der Waals surface area (Å²) in [5.41, 5.74) is 6.89. The quantitative estimate of drug-likeness (QED) is 0.0129. The van der Waals surface area contributed by atoms with E-state index >= 15 is 0 Å². The number of aliphatic hydroxyl groups is 3. The van der Waals surface area contributed by atoms with Crippen molar-refractivity contribution in [2.24, 2.45) is 0 Å². The van der Waals surface area contributed by atoms with Gasteiger partial charge in [-0.1, -0.05) is 49.9 Å². The molecule has 11 rings (SSSR count). The second-order valence-electron chi connectivity index (χ2n) is 22.7.